The number of halogens is 2. The Morgan fingerprint density at radius 1 is 1.11 bits per heavy atom. The molecule has 0 amide bonds. The summed E-state index contributed by atoms with van der Waals surface area (Å²) < 4.78 is 27.3. The van der Waals surface area contributed by atoms with Gasteiger partial charge < -0.3 is 9.67 Å². The summed E-state index contributed by atoms with van der Waals surface area (Å²) in [6, 6.07) is 3.81. The number of aromatic carboxylic acids is 1. The number of hydrogen-bond donors (Lipinski definition) is 1. The number of nitrogens with zero attached hydrogens (tertiary/aromatic N) is 1. The van der Waals surface area contributed by atoms with E-state index in [0.29, 0.717) is 6.07 Å². The first-order chi connectivity index (χ1) is 8.88. The van der Waals surface area contributed by atoms with E-state index in [1.807, 2.05) is 0 Å². The van der Waals surface area contributed by atoms with Crippen molar-refractivity contribution in [2.75, 3.05) is 0 Å². The largest absolute Gasteiger partial charge is 0.477 e. The first kappa shape index (κ1) is 12.9. The number of carboxylic acid groups (broad SMARTS) is 1. The van der Waals surface area contributed by atoms with Gasteiger partial charge in [-0.15, -0.1) is 0 Å². The average molecular weight is 265 g/mol. The van der Waals surface area contributed by atoms with Crippen molar-refractivity contribution in [1.82, 2.24) is 4.57 Å². The summed E-state index contributed by atoms with van der Waals surface area (Å²) in [5, 5.41) is 9.04. The summed E-state index contributed by atoms with van der Waals surface area (Å²) in [5.41, 5.74) is -0.0836. The van der Waals surface area contributed by atoms with Crippen LogP contribution in [0, 0.1) is 11.6 Å². The molecule has 4 nitrogen and oxygen atoms in total. The molecule has 1 aromatic heterocycles. The standard InChI is InChI=1S/C13H9F2NO3/c1-7(17)8-2-12(13(18)19)16(6-8)11-4-9(14)3-10(15)5-11/h2-6H,1H3,(H,18,19). The third-order valence-electron chi connectivity index (χ3n) is 2.57. The van der Waals surface area contributed by atoms with E-state index in [2.05, 4.69) is 0 Å². The van der Waals surface area contributed by atoms with Gasteiger partial charge in [0.05, 0.1) is 5.69 Å². The van der Waals surface area contributed by atoms with Gasteiger partial charge in [0.25, 0.3) is 0 Å². The fourth-order valence-electron chi connectivity index (χ4n) is 1.71. The van der Waals surface area contributed by atoms with E-state index < -0.39 is 17.6 Å². The van der Waals surface area contributed by atoms with Gasteiger partial charge >= 0.3 is 5.97 Å². The lowest BCUT2D eigenvalue weighted by Crippen LogP contribution is -2.06. The molecule has 19 heavy (non-hydrogen) atoms. The highest BCUT2D eigenvalue weighted by Gasteiger charge is 2.16. The van der Waals surface area contributed by atoms with Crippen molar-refractivity contribution in [2.24, 2.45) is 0 Å². The molecule has 0 fully saturated rings. The third kappa shape index (κ3) is 2.52. The third-order valence-corrected chi connectivity index (χ3v) is 2.57. The minimum absolute atomic E-state index is 0.00222. The average Bonchev–Trinajstić information content (AvgIpc) is 2.72. The highest BCUT2D eigenvalue weighted by atomic mass is 19.1. The molecule has 1 N–H and O–H groups in total. The maximum Gasteiger partial charge on any atom is 0.352 e. The molecule has 1 heterocycles. The Morgan fingerprint density at radius 2 is 1.68 bits per heavy atom. The highest BCUT2D eigenvalue weighted by Crippen LogP contribution is 2.19. The molecule has 0 radical (unpaired) electrons. The molecule has 0 aliphatic rings. The van der Waals surface area contributed by atoms with E-state index in [1.54, 1.807) is 0 Å². The molecule has 98 valence electrons. The first-order valence-electron chi connectivity index (χ1n) is 5.31. The maximum absolute atomic E-state index is 13.1. The van der Waals surface area contributed by atoms with Gasteiger partial charge in [0.2, 0.25) is 0 Å². The van der Waals surface area contributed by atoms with E-state index in [-0.39, 0.29) is 22.7 Å². The van der Waals surface area contributed by atoms with Gasteiger partial charge in [0.1, 0.15) is 17.3 Å². The Kier molecular flexibility index (Phi) is 3.16. The van der Waals surface area contributed by atoms with E-state index in [0.717, 1.165) is 22.8 Å². The minimum atomic E-state index is -1.29. The molecule has 1 aromatic carbocycles. The van der Waals surface area contributed by atoms with Crippen LogP contribution in [0.15, 0.2) is 30.5 Å². The number of carbonyl (C=O) groups excluding carboxylic acids is 1. The maximum atomic E-state index is 13.1. The zero-order valence-electron chi connectivity index (χ0n) is 9.85. The van der Waals surface area contributed by atoms with Gasteiger partial charge in [-0.2, -0.15) is 0 Å². The van der Waals surface area contributed by atoms with Crippen molar-refractivity contribution in [3.8, 4) is 5.69 Å². The van der Waals surface area contributed by atoms with Crippen LogP contribution in [0.5, 0.6) is 0 Å². The summed E-state index contributed by atoms with van der Waals surface area (Å²) in [7, 11) is 0. The number of Topliss-reactive ketones (excluding diaryl/α,β-unsaturated/α-hetero) is 1. The number of carboxylic acids is 1. The molecule has 0 spiro atoms. The Balaban J connectivity index is 2.66. The van der Waals surface area contributed by atoms with Crippen LogP contribution in [-0.4, -0.2) is 21.4 Å². The number of rotatable bonds is 3. The second kappa shape index (κ2) is 4.64. The second-order valence-corrected chi connectivity index (χ2v) is 3.97. The van der Waals surface area contributed by atoms with Crippen LogP contribution in [0.4, 0.5) is 8.78 Å². The van der Waals surface area contributed by atoms with Crippen LogP contribution in [0.1, 0.15) is 27.8 Å². The zero-order valence-corrected chi connectivity index (χ0v) is 9.85. The van der Waals surface area contributed by atoms with E-state index in [1.165, 1.54) is 13.1 Å². The topological polar surface area (TPSA) is 59.3 Å². The van der Waals surface area contributed by atoms with Crippen molar-refractivity contribution >= 4 is 11.8 Å². The second-order valence-electron chi connectivity index (χ2n) is 3.97. The van der Waals surface area contributed by atoms with Crippen LogP contribution in [0.2, 0.25) is 0 Å². The molecule has 0 saturated carbocycles. The zero-order chi connectivity index (χ0) is 14.2. The Bertz CT molecular complexity index is 656. The molecule has 2 rings (SSSR count). The molecule has 2 aromatic rings. The molecular weight excluding hydrogens is 256 g/mol. The highest BCUT2D eigenvalue weighted by molar-refractivity contribution is 5.97. The fourth-order valence-corrected chi connectivity index (χ4v) is 1.71. The molecule has 0 aliphatic heterocycles. The Labute approximate surface area is 106 Å². The predicted octanol–water partition coefficient (Wildman–Crippen LogP) is 2.66. The Hall–Kier alpha value is -2.50. The van der Waals surface area contributed by atoms with Crippen LogP contribution in [0.3, 0.4) is 0 Å². The molecule has 0 unspecified atom stereocenters. The number of ketones is 1. The predicted molar refractivity (Wildman–Crippen MR) is 62.6 cm³/mol. The Morgan fingerprint density at radius 3 is 2.16 bits per heavy atom. The summed E-state index contributed by atoms with van der Waals surface area (Å²) in [5.74, 6) is -3.29. The molecule has 0 aliphatic carbocycles. The van der Waals surface area contributed by atoms with Crippen molar-refractivity contribution < 1.29 is 23.5 Å². The number of carbonyl (C=O) groups is 2. The van der Waals surface area contributed by atoms with E-state index >= 15 is 0 Å². The summed E-state index contributed by atoms with van der Waals surface area (Å²) in [6.07, 6.45) is 1.24. The first-order valence-corrected chi connectivity index (χ1v) is 5.31. The molecule has 0 bridgehead atoms. The lowest BCUT2D eigenvalue weighted by Gasteiger charge is -2.06. The van der Waals surface area contributed by atoms with Gasteiger partial charge in [0.15, 0.2) is 5.78 Å². The minimum Gasteiger partial charge on any atom is -0.477 e. The van der Waals surface area contributed by atoms with Gasteiger partial charge in [-0.05, 0) is 25.1 Å². The van der Waals surface area contributed by atoms with Gasteiger partial charge in [-0.1, -0.05) is 0 Å². The normalized spacial score (nSPS) is 10.5. The summed E-state index contributed by atoms with van der Waals surface area (Å²) in [6.45, 7) is 1.28. The molecular formula is C13H9F2NO3. The van der Waals surface area contributed by atoms with Crippen LogP contribution < -0.4 is 0 Å². The van der Waals surface area contributed by atoms with Crippen molar-refractivity contribution in [3.63, 3.8) is 0 Å². The van der Waals surface area contributed by atoms with Crippen molar-refractivity contribution in [3.05, 3.63) is 53.4 Å². The fraction of sp³-hybridized carbons (Fsp3) is 0.0769. The summed E-state index contributed by atoms with van der Waals surface area (Å²) >= 11 is 0. The van der Waals surface area contributed by atoms with E-state index in [4.69, 9.17) is 5.11 Å². The number of aromatic nitrogens is 1. The molecule has 6 heteroatoms. The smallest absolute Gasteiger partial charge is 0.352 e. The van der Waals surface area contributed by atoms with Crippen LogP contribution >= 0.6 is 0 Å². The molecule has 0 atom stereocenters. The monoisotopic (exact) mass is 265 g/mol. The van der Waals surface area contributed by atoms with Crippen molar-refractivity contribution in [2.45, 2.75) is 6.92 Å². The SMILES string of the molecule is CC(=O)c1cc(C(=O)O)n(-c2cc(F)cc(F)c2)c1. The van der Waals surface area contributed by atoms with Crippen LogP contribution in [-0.2, 0) is 0 Å². The van der Waals surface area contributed by atoms with Gasteiger partial charge in [-0.25, -0.2) is 13.6 Å². The van der Waals surface area contributed by atoms with E-state index in [9.17, 15) is 18.4 Å². The van der Waals surface area contributed by atoms with Crippen molar-refractivity contribution in [1.29, 1.82) is 0 Å². The van der Waals surface area contributed by atoms with Gasteiger partial charge in [-0.3, -0.25) is 4.79 Å². The quantitative estimate of drug-likeness (QED) is 0.868. The summed E-state index contributed by atoms with van der Waals surface area (Å²) in [4.78, 5) is 22.3. The lowest BCUT2D eigenvalue weighted by atomic mass is 10.2. The lowest BCUT2D eigenvalue weighted by molar-refractivity contribution is 0.0688. The van der Waals surface area contributed by atoms with Crippen LogP contribution in [0.25, 0.3) is 5.69 Å². The van der Waals surface area contributed by atoms with Gasteiger partial charge in [0, 0.05) is 17.8 Å². The number of hydrogen-bond acceptors (Lipinski definition) is 2. The molecule has 0 saturated heterocycles. The number of benzene rings is 1.